The zero-order valence-corrected chi connectivity index (χ0v) is 9.80. The van der Waals surface area contributed by atoms with Crippen molar-refractivity contribution in [1.82, 2.24) is 4.98 Å². The van der Waals surface area contributed by atoms with Crippen LogP contribution in [0.25, 0.3) is 0 Å². The van der Waals surface area contributed by atoms with Crippen molar-refractivity contribution in [3.8, 4) is 0 Å². The summed E-state index contributed by atoms with van der Waals surface area (Å²) in [5.41, 5.74) is -2.40. The van der Waals surface area contributed by atoms with Gasteiger partial charge < -0.3 is 0 Å². The maximum atomic E-state index is 12.4. The minimum Gasteiger partial charge on any atom is -0.246 e. The van der Waals surface area contributed by atoms with Gasteiger partial charge in [-0.25, -0.2) is 13.8 Å². The van der Waals surface area contributed by atoms with Crippen molar-refractivity contribution in [3.05, 3.63) is 27.5 Å². The van der Waals surface area contributed by atoms with E-state index in [1.54, 1.807) is 0 Å². The number of hydrogen-bond donors (Lipinski definition) is 0. The topological polar surface area (TPSA) is 12.9 Å². The molecule has 0 spiro atoms. The van der Waals surface area contributed by atoms with Crippen LogP contribution in [0.2, 0.25) is 0 Å². The molecule has 0 aliphatic rings. The Labute approximate surface area is 101 Å². The number of rotatable bonds is 2. The van der Waals surface area contributed by atoms with E-state index in [0.717, 1.165) is 6.07 Å². The summed E-state index contributed by atoms with van der Waals surface area (Å²) in [4.78, 5) is 3.17. The van der Waals surface area contributed by atoms with Crippen molar-refractivity contribution in [2.75, 3.05) is 0 Å². The van der Waals surface area contributed by atoms with Crippen molar-refractivity contribution in [2.45, 2.75) is 18.5 Å². The second-order valence-corrected chi connectivity index (χ2v) is 3.86. The van der Waals surface area contributed by atoms with Crippen LogP contribution in [0.3, 0.4) is 0 Å². The number of nitrogens with zero attached hydrogens (tertiary/aromatic N) is 1. The van der Waals surface area contributed by atoms with Crippen LogP contribution in [0.15, 0.2) is 10.5 Å². The van der Waals surface area contributed by atoms with Gasteiger partial charge in [-0.2, -0.15) is 13.2 Å². The van der Waals surface area contributed by atoms with E-state index in [1.165, 1.54) is 0 Å². The molecule has 8 heteroatoms. The fraction of sp³-hybridized carbons (Fsp3) is 0.375. The standard InChI is InChI=1S/C8H4BrClF5N/c9-5-4(7(11)12)1-3(2-10)16-6(5)8(13,14)15/h1,7H,2H2. The predicted molar refractivity (Wildman–Crippen MR) is 51.5 cm³/mol. The second-order valence-electron chi connectivity index (χ2n) is 2.80. The maximum Gasteiger partial charge on any atom is 0.434 e. The Hall–Kier alpha value is -0.430. The third-order valence-electron chi connectivity index (χ3n) is 1.68. The zero-order valence-electron chi connectivity index (χ0n) is 7.45. The first kappa shape index (κ1) is 13.6. The van der Waals surface area contributed by atoms with E-state index in [4.69, 9.17) is 11.6 Å². The lowest BCUT2D eigenvalue weighted by atomic mass is 10.2. The zero-order chi connectivity index (χ0) is 12.5. The van der Waals surface area contributed by atoms with Gasteiger partial charge >= 0.3 is 6.18 Å². The fourth-order valence-corrected chi connectivity index (χ4v) is 1.76. The van der Waals surface area contributed by atoms with Crippen LogP contribution >= 0.6 is 27.5 Å². The summed E-state index contributed by atoms with van der Waals surface area (Å²) >= 11 is 7.76. The van der Waals surface area contributed by atoms with Gasteiger partial charge in [-0.05, 0) is 22.0 Å². The molecule has 90 valence electrons. The van der Waals surface area contributed by atoms with Crippen LogP contribution in [0.4, 0.5) is 22.0 Å². The summed E-state index contributed by atoms with van der Waals surface area (Å²) in [6.07, 6.45) is -7.83. The Morgan fingerprint density at radius 2 is 1.94 bits per heavy atom. The monoisotopic (exact) mass is 323 g/mol. The van der Waals surface area contributed by atoms with Crippen molar-refractivity contribution >= 4 is 27.5 Å². The summed E-state index contributed by atoms with van der Waals surface area (Å²) < 4.78 is 61.4. The molecule has 1 rings (SSSR count). The first-order valence-corrected chi connectivity index (χ1v) is 5.20. The smallest absolute Gasteiger partial charge is 0.246 e. The Morgan fingerprint density at radius 1 is 1.38 bits per heavy atom. The van der Waals surface area contributed by atoms with E-state index in [-0.39, 0.29) is 11.6 Å². The molecule has 1 heterocycles. The average molecular weight is 324 g/mol. The molecule has 0 aliphatic carbocycles. The number of halogens is 7. The molecule has 0 N–H and O–H groups in total. The van der Waals surface area contributed by atoms with Gasteiger partial charge in [0.25, 0.3) is 6.43 Å². The first-order chi connectivity index (χ1) is 7.27. The van der Waals surface area contributed by atoms with Crippen LogP contribution in [0, 0.1) is 0 Å². The largest absolute Gasteiger partial charge is 0.434 e. The normalized spacial score (nSPS) is 12.2. The van der Waals surface area contributed by atoms with Gasteiger partial charge in [0.2, 0.25) is 0 Å². The van der Waals surface area contributed by atoms with Crippen molar-refractivity contribution < 1.29 is 22.0 Å². The number of hydrogen-bond acceptors (Lipinski definition) is 1. The fourth-order valence-electron chi connectivity index (χ4n) is 1.02. The SMILES string of the molecule is FC(F)c1cc(CCl)nc(C(F)(F)F)c1Br. The Kier molecular flexibility index (Phi) is 4.12. The molecular weight excluding hydrogens is 320 g/mol. The Balaban J connectivity index is 3.44. The number of pyridine rings is 1. The van der Waals surface area contributed by atoms with Crippen LogP contribution in [-0.2, 0) is 12.1 Å². The molecule has 0 radical (unpaired) electrons. The molecular formula is C8H4BrClF5N. The second kappa shape index (κ2) is 4.83. The van der Waals surface area contributed by atoms with Crippen LogP contribution in [0.5, 0.6) is 0 Å². The highest BCUT2D eigenvalue weighted by Crippen LogP contribution is 2.38. The predicted octanol–water partition coefficient (Wildman–Crippen LogP) is 4.54. The van der Waals surface area contributed by atoms with Crippen molar-refractivity contribution in [3.63, 3.8) is 0 Å². The molecule has 0 bridgehead atoms. The van der Waals surface area contributed by atoms with E-state index >= 15 is 0 Å². The van der Waals surface area contributed by atoms with Gasteiger partial charge in [0.1, 0.15) is 0 Å². The van der Waals surface area contributed by atoms with E-state index in [1.807, 2.05) is 0 Å². The lowest BCUT2D eigenvalue weighted by Gasteiger charge is -2.13. The van der Waals surface area contributed by atoms with Gasteiger partial charge in [-0.1, -0.05) is 0 Å². The molecule has 0 saturated heterocycles. The third kappa shape index (κ3) is 2.82. The number of aromatic nitrogens is 1. The van der Waals surface area contributed by atoms with Crippen molar-refractivity contribution in [1.29, 1.82) is 0 Å². The third-order valence-corrected chi connectivity index (χ3v) is 2.79. The molecule has 0 amide bonds. The highest BCUT2D eigenvalue weighted by Gasteiger charge is 2.37. The molecule has 0 aliphatic heterocycles. The van der Waals surface area contributed by atoms with Crippen LogP contribution < -0.4 is 0 Å². The molecule has 0 atom stereocenters. The molecule has 1 aromatic rings. The highest BCUT2D eigenvalue weighted by atomic mass is 79.9. The average Bonchev–Trinajstić information content (AvgIpc) is 2.15. The van der Waals surface area contributed by atoms with Gasteiger partial charge in [0.15, 0.2) is 5.69 Å². The Morgan fingerprint density at radius 3 is 2.31 bits per heavy atom. The van der Waals surface area contributed by atoms with Gasteiger partial charge in [0.05, 0.1) is 16.0 Å². The Bertz CT molecular complexity index is 393. The summed E-state index contributed by atoms with van der Waals surface area (Å²) in [6.45, 7) is 0. The summed E-state index contributed by atoms with van der Waals surface area (Å²) in [7, 11) is 0. The maximum absolute atomic E-state index is 12.4. The molecule has 0 aromatic carbocycles. The van der Waals surface area contributed by atoms with Crippen molar-refractivity contribution in [2.24, 2.45) is 0 Å². The molecule has 1 nitrogen and oxygen atoms in total. The number of alkyl halides is 6. The molecule has 0 saturated carbocycles. The molecule has 0 unspecified atom stereocenters. The summed E-state index contributed by atoms with van der Waals surface area (Å²) in [5.74, 6) is -0.365. The molecule has 0 fully saturated rings. The summed E-state index contributed by atoms with van der Waals surface area (Å²) in [5, 5.41) is 0. The van der Waals surface area contributed by atoms with Crippen LogP contribution in [0.1, 0.15) is 23.4 Å². The lowest BCUT2D eigenvalue weighted by Crippen LogP contribution is -2.12. The first-order valence-electron chi connectivity index (χ1n) is 3.88. The minimum atomic E-state index is -4.80. The van der Waals surface area contributed by atoms with E-state index in [0.29, 0.717) is 0 Å². The summed E-state index contributed by atoms with van der Waals surface area (Å²) in [6, 6.07) is 0.844. The van der Waals surface area contributed by atoms with Gasteiger partial charge in [-0.15, -0.1) is 11.6 Å². The van der Waals surface area contributed by atoms with E-state index in [9.17, 15) is 22.0 Å². The highest BCUT2D eigenvalue weighted by molar-refractivity contribution is 9.10. The quantitative estimate of drug-likeness (QED) is 0.575. The van der Waals surface area contributed by atoms with E-state index in [2.05, 4.69) is 20.9 Å². The van der Waals surface area contributed by atoms with E-state index < -0.39 is 28.3 Å². The van der Waals surface area contributed by atoms with Gasteiger partial charge in [-0.3, -0.25) is 0 Å². The van der Waals surface area contributed by atoms with Crippen LogP contribution in [-0.4, -0.2) is 4.98 Å². The minimum absolute atomic E-state index is 0.243. The molecule has 1 aromatic heterocycles. The lowest BCUT2D eigenvalue weighted by molar-refractivity contribution is -0.142. The van der Waals surface area contributed by atoms with Gasteiger partial charge in [0, 0.05) is 5.56 Å². The molecule has 16 heavy (non-hydrogen) atoms.